The molecule has 3 amide bonds. The number of methoxy groups -OCH3 is 1. The van der Waals surface area contributed by atoms with E-state index >= 15 is 0 Å². The molecule has 34 heavy (non-hydrogen) atoms. The number of nitrogens with zero attached hydrogens (tertiary/aromatic N) is 2. The Balaban J connectivity index is 1.35. The van der Waals surface area contributed by atoms with Gasteiger partial charge in [0.25, 0.3) is 5.91 Å². The summed E-state index contributed by atoms with van der Waals surface area (Å²) < 4.78 is 15.8. The molecule has 0 bridgehead atoms. The van der Waals surface area contributed by atoms with Crippen LogP contribution in [-0.2, 0) is 17.8 Å². The number of halogens is 1. The summed E-state index contributed by atoms with van der Waals surface area (Å²) in [6, 6.07) is 12.1. The Morgan fingerprint density at radius 1 is 1.21 bits per heavy atom. The monoisotopic (exact) mass is 502 g/mol. The first-order chi connectivity index (χ1) is 16.5. The van der Waals surface area contributed by atoms with Crippen LogP contribution < -0.4 is 20.1 Å². The van der Waals surface area contributed by atoms with E-state index in [0.717, 1.165) is 5.56 Å². The number of aromatic nitrogens is 1. The van der Waals surface area contributed by atoms with Gasteiger partial charge in [-0.25, -0.2) is 9.78 Å². The predicted octanol–water partition coefficient (Wildman–Crippen LogP) is 4.14. The number of hydrogen-bond acceptors (Lipinski definition) is 7. The molecular formula is C23H23ClN4O5S. The first-order valence-corrected chi connectivity index (χ1v) is 11.7. The van der Waals surface area contributed by atoms with Crippen molar-refractivity contribution in [2.75, 3.05) is 32.4 Å². The lowest BCUT2D eigenvalue weighted by molar-refractivity contribution is 0.0946. The molecule has 4 rings (SSSR count). The first-order valence-electron chi connectivity index (χ1n) is 10.4. The van der Waals surface area contributed by atoms with E-state index in [4.69, 9.17) is 25.8 Å². The Hall–Kier alpha value is -3.34. The molecule has 0 saturated carbocycles. The highest BCUT2D eigenvalue weighted by Crippen LogP contribution is 2.32. The fraction of sp³-hybridized carbons (Fsp3) is 0.261. The lowest BCUT2D eigenvalue weighted by Crippen LogP contribution is -2.36. The van der Waals surface area contributed by atoms with Crippen molar-refractivity contribution < 1.29 is 23.8 Å². The van der Waals surface area contributed by atoms with E-state index in [1.807, 2.05) is 18.2 Å². The summed E-state index contributed by atoms with van der Waals surface area (Å²) in [4.78, 5) is 31.4. The van der Waals surface area contributed by atoms with Crippen molar-refractivity contribution in [1.29, 1.82) is 0 Å². The van der Waals surface area contributed by atoms with Crippen molar-refractivity contribution in [3.05, 3.63) is 69.1 Å². The van der Waals surface area contributed by atoms with Crippen LogP contribution in [-0.4, -0.2) is 48.9 Å². The topological polar surface area (TPSA) is 102 Å². The average Bonchev–Trinajstić information content (AvgIpc) is 3.49. The summed E-state index contributed by atoms with van der Waals surface area (Å²) in [6.07, 6.45) is 0. The average molecular weight is 503 g/mol. The third-order valence-electron chi connectivity index (χ3n) is 4.93. The van der Waals surface area contributed by atoms with E-state index in [1.165, 1.54) is 11.3 Å². The molecule has 0 atom stereocenters. The van der Waals surface area contributed by atoms with Crippen molar-refractivity contribution in [1.82, 2.24) is 15.2 Å². The number of rotatable bonds is 9. The molecule has 2 N–H and O–H groups in total. The van der Waals surface area contributed by atoms with Crippen molar-refractivity contribution in [2.24, 2.45) is 0 Å². The molecule has 0 radical (unpaired) electrons. The van der Waals surface area contributed by atoms with Crippen LogP contribution in [0.15, 0.2) is 47.8 Å². The molecule has 3 aromatic rings. The number of ether oxygens (including phenoxy) is 3. The summed E-state index contributed by atoms with van der Waals surface area (Å²) in [5, 5.41) is 8.50. The second-order valence-electron chi connectivity index (χ2n) is 7.35. The molecule has 11 heteroatoms. The largest absolute Gasteiger partial charge is 0.454 e. The number of amides is 3. The lowest BCUT2D eigenvalue weighted by Gasteiger charge is -2.21. The van der Waals surface area contributed by atoms with Crippen LogP contribution in [0.3, 0.4) is 0 Å². The minimum atomic E-state index is -0.316. The fourth-order valence-electron chi connectivity index (χ4n) is 3.20. The number of thiazole rings is 1. The van der Waals surface area contributed by atoms with Crippen LogP contribution in [0.25, 0.3) is 0 Å². The quantitative estimate of drug-likeness (QED) is 0.456. The van der Waals surface area contributed by atoms with Gasteiger partial charge in [0.2, 0.25) is 6.79 Å². The van der Waals surface area contributed by atoms with Crippen molar-refractivity contribution in [3.63, 3.8) is 0 Å². The number of benzene rings is 2. The van der Waals surface area contributed by atoms with Gasteiger partial charge >= 0.3 is 6.03 Å². The Morgan fingerprint density at radius 3 is 2.88 bits per heavy atom. The number of nitrogens with one attached hydrogen (secondary N) is 2. The first kappa shape index (κ1) is 23.8. The van der Waals surface area contributed by atoms with Crippen molar-refractivity contribution >= 4 is 40.6 Å². The molecule has 1 aliphatic rings. The minimum Gasteiger partial charge on any atom is -0.454 e. The van der Waals surface area contributed by atoms with Crippen molar-refractivity contribution in [2.45, 2.75) is 13.1 Å². The zero-order chi connectivity index (χ0) is 23.9. The smallest absolute Gasteiger partial charge is 0.322 e. The molecule has 178 valence electrons. The van der Waals surface area contributed by atoms with Crippen LogP contribution in [0.5, 0.6) is 11.5 Å². The van der Waals surface area contributed by atoms with Crippen LogP contribution in [0.4, 0.5) is 10.5 Å². The molecule has 9 nitrogen and oxygen atoms in total. The Kier molecular flexibility index (Phi) is 7.84. The maximum atomic E-state index is 12.8. The van der Waals surface area contributed by atoms with E-state index in [1.54, 1.807) is 41.7 Å². The molecule has 0 spiro atoms. The minimum absolute atomic E-state index is 0.200. The SMILES string of the molecule is COCCN(Cc1nc(C(=O)NCc2ccc3c(c2)OCO3)cs1)C(=O)Nc1cccc(Cl)c1. The molecule has 2 heterocycles. The molecule has 0 fully saturated rings. The summed E-state index contributed by atoms with van der Waals surface area (Å²) in [6.45, 7) is 1.47. The highest BCUT2D eigenvalue weighted by molar-refractivity contribution is 7.09. The van der Waals surface area contributed by atoms with Gasteiger partial charge in [0, 0.05) is 36.3 Å². The lowest BCUT2D eigenvalue weighted by atomic mass is 10.2. The van der Waals surface area contributed by atoms with Gasteiger partial charge in [-0.3, -0.25) is 4.79 Å². The maximum absolute atomic E-state index is 12.8. The molecule has 0 unspecified atom stereocenters. The molecule has 1 aromatic heterocycles. The van der Waals surface area contributed by atoms with Gasteiger partial charge in [-0.1, -0.05) is 23.7 Å². The standard InChI is InChI=1S/C23H23ClN4O5S/c1-31-8-7-28(23(30)26-17-4-2-3-16(24)10-17)12-21-27-18(13-34-21)22(29)25-11-15-5-6-19-20(9-15)33-14-32-19/h2-6,9-10,13H,7-8,11-12,14H2,1H3,(H,25,29)(H,26,30). The van der Waals surface area contributed by atoms with Gasteiger partial charge in [-0.05, 0) is 35.9 Å². The molecule has 0 aliphatic carbocycles. The third kappa shape index (κ3) is 6.16. The third-order valence-corrected chi connectivity index (χ3v) is 6.00. The van der Waals surface area contributed by atoms with Crippen LogP contribution in [0.1, 0.15) is 21.1 Å². The van der Waals surface area contributed by atoms with Crippen LogP contribution >= 0.6 is 22.9 Å². The van der Waals surface area contributed by atoms with Crippen LogP contribution in [0, 0.1) is 0 Å². The van der Waals surface area contributed by atoms with Crippen LogP contribution in [0.2, 0.25) is 5.02 Å². The number of urea groups is 1. The van der Waals surface area contributed by atoms with Gasteiger partial charge < -0.3 is 29.7 Å². The molecule has 1 aliphatic heterocycles. The Morgan fingerprint density at radius 2 is 2.06 bits per heavy atom. The zero-order valence-corrected chi connectivity index (χ0v) is 19.9. The van der Waals surface area contributed by atoms with Gasteiger partial charge in [0.05, 0.1) is 13.2 Å². The highest BCUT2D eigenvalue weighted by atomic mass is 35.5. The maximum Gasteiger partial charge on any atom is 0.322 e. The summed E-state index contributed by atoms with van der Waals surface area (Å²) in [5.41, 5.74) is 1.77. The molecule has 0 saturated heterocycles. The summed E-state index contributed by atoms with van der Waals surface area (Å²) in [7, 11) is 1.57. The zero-order valence-electron chi connectivity index (χ0n) is 18.4. The molecular weight excluding hydrogens is 480 g/mol. The Bertz CT molecular complexity index is 1170. The van der Waals surface area contributed by atoms with E-state index in [-0.39, 0.29) is 25.3 Å². The van der Waals surface area contributed by atoms with Gasteiger partial charge in [-0.2, -0.15) is 0 Å². The second-order valence-corrected chi connectivity index (χ2v) is 8.73. The number of fused-ring (bicyclic) bond motifs is 1. The van der Waals surface area contributed by atoms with Gasteiger partial charge in [-0.15, -0.1) is 11.3 Å². The highest BCUT2D eigenvalue weighted by Gasteiger charge is 2.18. The number of anilines is 1. The van der Waals surface area contributed by atoms with E-state index in [2.05, 4.69) is 15.6 Å². The van der Waals surface area contributed by atoms with Gasteiger partial charge in [0.1, 0.15) is 10.7 Å². The number of carbonyl (C=O) groups is 2. The number of hydrogen-bond donors (Lipinski definition) is 2. The van der Waals surface area contributed by atoms with E-state index in [0.29, 0.717) is 52.6 Å². The molecule has 2 aromatic carbocycles. The van der Waals surface area contributed by atoms with Gasteiger partial charge in [0.15, 0.2) is 11.5 Å². The van der Waals surface area contributed by atoms with Crippen molar-refractivity contribution in [3.8, 4) is 11.5 Å². The second kappa shape index (κ2) is 11.2. The summed E-state index contributed by atoms with van der Waals surface area (Å²) >= 11 is 7.31. The number of carbonyl (C=O) groups excluding carboxylic acids is 2. The van der Waals surface area contributed by atoms with E-state index < -0.39 is 0 Å². The fourth-order valence-corrected chi connectivity index (χ4v) is 4.18. The van der Waals surface area contributed by atoms with E-state index in [9.17, 15) is 9.59 Å². The summed E-state index contributed by atoms with van der Waals surface area (Å²) in [5.74, 6) is 1.05. The predicted molar refractivity (Wildman–Crippen MR) is 129 cm³/mol. The normalized spacial score (nSPS) is 11.8. The Labute approximate surface area is 205 Å².